The Labute approximate surface area is 124 Å². The van der Waals surface area contributed by atoms with E-state index < -0.39 is 11.7 Å². The largest absolute Gasteiger partial charge is 0.469 e. The molecule has 5 nitrogen and oxygen atoms in total. The molecule has 0 aliphatic rings. The molecule has 0 bridgehead atoms. The number of thiazole rings is 1. The number of nitrogens with zero attached hydrogens (tertiary/aromatic N) is 1. The molecule has 7 heteroatoms. The molecule has 0 spiro atoms. The van der Waals surface area contributed by atoms with Gasteiger partial charge in [0, 0.05) is 10.4 Å². The highest BCUT2D eigenvalue weighted by Gasteiger charge is 2.14. The Morgan fingerprint density at radius 2 is 2.19 bits per heavy atom. The number of ether oxygens (including phenoxy) is 1. The normalized spacial score (nSPS) is 10.2. The van der Waals surface area contributed by atoms with E-state index >= 15 is 0 Å². The van der Waals surface area contributed by atoms with E-state index in [2.05, 4.69) is 15.0 Å². The monoisotopic (exact) mass is 308 g/mol. The van der Waals surface area contributed by atoms with Gasteiger partial charge >= 0.3 is 5.97 Å². The zero-order valence-corrected chi connectivity index (χ0v) is 12.3. The maximum atomic E-state index is 13.1. The molecule has 0 unspecified atom stereocenters. The van der Waals surface area contributed by atoms with E-state index in [1.54, 1.807) is 6.92 Å². The minimum absolute atomic E-state index is 0.107. The highest BCUT2D eigenvalue weighted by atomic mass is 32.1. The molecule has 2 rings (SSSR count). The van der Waals surface area contributed by atoms with Gasteiger partial charge in [0.05, 0.1) is 19.2 Å². The summed E-state index contributed by atoms with van der Waals surface area (Å²) in [5.41, 5.74) is 0.859. The number of hydrogen-bond acceptors (Lipinski definition) is 5. The van der Waals surface area contributed by atoms with Crippen molar-refractivity contribution in [1.82, 2.24) is 4.98 Å². The van der Waals surface area contributed by atoms with Crippen LogP contribution in [0.4, 0.5) is 9.52 Å². The Morgan fingerprint density at radius 1 is 1.43 bits per heavy atom. The summed E-state index contributed by atoms with van der Waals surface area (Å²) in [6, 6.07) is 5.37. The Kier molecular flexibility index (Phi) is 4.64. The lowest BCUT2D eigenvalue weighted by Gasteiger charge is -2.01. The van der Waals surface area contributed by atoms with Crippen LogP contribution in [-0.4, -0.2) is 24.0 Å². The van der Waals surface area contributed by atoms with Crippen LogP contribution in [0.5, 0.6) is 0 Å². The van der Waals surface area contributed by atoms with E-state index in [0.717, 1.165) is 10.9 Å². The number of aryl methyl sites for hydroxylation is 1. The molecule has 1 aromatic heterocycles. The Morgan fingerprint density at radius 3 is 2.86 bits per heavy atom. The fourth-order valence-corrected chi connectivity index (χ4v) is 2.59. The van der Waals surface area contributed by atoms with Crippen molar-refractivity contribution in [3.05, 3.63) is 46.2 Å². The van der Waals surface area contributed by atoms with Crippen LogP contribution in [-0.2, 0) is 16.0 Å². The molecule has 0 fully saturated rings. The van der Waals surface area contributed by atoms with Gasteiger partial charge in [-0.3, -0.25) is 14.9 Å². The second-order valence-corrected chi connectivity index (χ2v) is 5.33. The van der Waals surface area contributed by atoms with Crippen LogP contribution in [0.1, 0.15) is 20.9 Å². The average Bonchev–Trinajstić information content (AvgIpc) is 2.78. The van der Waals surface area contributed by atoms with Crippen molar-refractivity contribution in [3.8, 4) is 0 Å². The van der Waals surface area contributed by atoms with Gasteiger partial charge in [0.2, 0.25) is 0 Å². The number of esters is 1. The summed E-state index contributed by atoms with van der Waals surface area (Å²) in [4.78, 5) is 28.1. The van der Waals surface area contributed by atoms with E-state index in [-0.39, 0.29) is 18.0 Å². The van der Waals surface area contributed by atoms with Gasteiger partial charge in [-0.2, -0.15) is 0 Å². The number of hydrogen-bond donors (Lipinski definition) is 1. The third kappa shape index (κ3) is 3.85. The van der Waals surface area contributed by atoms with Crippen molar-refractivity contribution in [2.24, 2.45) is 0 Å². The van der Waals surface area contributed by atoms with Gasteiger partial charge in [-0.25, -0.2) is 9.37 Å². The molecule has 0 radical (unpaired) electrons. The number of benzene rings is 1. The molecule has 21 heavy (non-hydrogen) atoms. The van der Waals surface area contributed by atoms with Crippen molar-refractivity contribution < 1.29 is 18.7 Å². The third-order valence-electron chi connectivity index (χ3n) is 2.73. The molecule has 0 aliphatic carbocycles. The summed E-state index contributed by atoms with van der Waals surface area (Å²) in [7, 11) is 1.31. The lowest BCUT2D eigenvalue weighted by Crippen LogP contribution is -2.11. The summed E-state index contributed by atoms with van der Waals surface area (Å²) >= 11 is 1.19. The minimum Gasteiger partial charge on any atom is -0.469 e. The average molecular weight is 308 g/mol. The second-order valence-electron chi connectivity index (χ2n) is 4.24. The molecule has 110 valence electrons. The molecule has 2 aromatic rings. The summed E-state index contributed by atoms with van der Waals surface area (Å²) < 4.78 is 17.7. The first-order valence-electron chi connectivity index (χ1n) is 6.09. The molecule has 0 saturated carbocycles. The first kappa shape index (κ1) is 15.1. The summed E-state index contributed by atoms with van der Waals surface area (Å²) in [5.74, 6) is -1.30. The number of aromatic nitrogens is 1. The smallest absolute Gasteiger partial charge is 0.310 e. The molecule has 1 heterocycles. The van der Waals surface area contributed by atoms with Gasteiger partial charge in [-0.1, -0.05) is 6.07 Å². The van der Waals surface area contributed by atoms with Crippen LogP contribution in [0.2, 0.25) is 0 Å². The van der Waals surface area contributed by atoms with Crippen LogP contribution in [0, 0.1) is 12.7 Å². The number of carbonyl (C=O) groups is 2. The number of carbonyl (C=O) groups excluding carboxylic acids is 2. The number of amides is 1. The van der Waals surface area contributed by atoms with Gasteiger partial charge in [-0.15, -0.1) is 11.3 Å². The Hall–Kier alpha value is -2.28. The number of halogens is 1. The molecular formula is C14H13FN2O3S. The fraction of sp³-hybridized carbons (Fsp3) is 0.214. The van der Waals surface area contributed by atoms with Crippen LogP contribution >= 0.6 is 11.3 Å². The van der Waals surface area contributed by atoms with Crippen molar-refractivity contribution in [2.45, 2.75) is 13.3 Å². The van der Waals surface area contributed by atoms with Crippen LogP contribution < -0.4 is 5.32 Å². The zero-order valence-electron chi connectivity index (χ0n) is 11.5. The predicted octanol–water partition coefficient (Wildman–Crippen LogP) is 2.56. The van der Waals surface area contributed by atoms with Crippen molar-refractivity contribution in [1.29, 1.82) is 0 Å². The van der Waals surface area contributed by atoms with Crippen LogP contribution in [0.15, 0.2) is 24.3 Å². The molecule has 1 aromatic carbocycles. The van der Waals surface area contributed by atoms with Gasteiger partial charge in [-0.05, 0) is 25.1 Å². The van der Waals surface area contributed by atoms with Gasteiger partial charge in [0.1, 0.15) is 5.82 Å². The summed E-state index contributed by atoms with van der Waals surface area (Å²) in [5, 5.41) is 2.95. The van der Waals surface area contributed by atoms with Crippen LogP contribution in [0.3, 0.4) is 0 Å². The van der Waals surface area contributed by atoms with E-state index in [1.165, 1.54) is 36.6 Å². The fourth-order valence-electron chi connectivity index (χ4n) is 1.65. The highest BCUT2D eigenvalue weighted by Crippen LogP contribution is 2.23. The second kappa shape index (κ2) is 6.45. The highest BCUT2D eigenvalue weighted by molar-refractivity contribution is 7.16. The standard InChI is InChI=1S/C14H13FN2O3S/c1-8-11(7-12(18)20-2)21-14(16-8)17-13(19)9-4-3-5-10(15)6-9/h3-6H,7H2,1-2H3,(H,16,17,19). The molecule has 0 aliphatic heterocycles. The Bertz CT molecular complexity index is 685. The number of anilines is 1. The Balaban J connectivity index is 2.11. The van der Waals surface area contributed by atoms with Crippen molar-refractivity contribution >= 4 is 28.3 Å². The predicted molar refractivity (Wildman–Crippen MR) is 76.9 cm³/mol. The van der Waals surface area contributed by atoms with Crippen molar-refractivity contribution in [2.75, 3.05) is 12.4 Å². The molecule has 1 N–H and O–H groups in total. The van der Waals surface area contributed by atoms with E-state index in [1.807, 2.05) is 0 Å². The van der Waals surface area contributed by atoms with Gasteiger partial charge < -0.3 is 4.74 Å². The van der Waals surface area contributed by atoms with E-state index in [9.17, 15) is 14.0 Å². The third-order valence-corrected chi connectivity index (χ3v) is 3.81. The summed E-state index contributed by atoms with van der Waals surface area (Å²) in [6.45, 7) is 1.74. The number of methoxy groups -OCH3 is 1. The zero-order chi connectivity index (χ0) is 15.4. The molecule has 0 saturated heterocycles. The minimum atomic E-state index is -0.482. The number of nitrogens with one attached hydrogen (secondary N) is 1. The van der Waals surface area contributed by atoms with E-state index in [4.69, 9.17) is 0 Å². The van der Waals surface area contributed by atoms with Crippen LogP contribution in [0.25, 0.3) is 0 Å². The van der Waals surface area contributed by atoms with Gasteiger partial charge in [0.15, 0.2) is 5.13 Å². The summed E-state index contributed by atoms with van der Waals surface area (Å²) in [6.07, 6.45) is 0.107. The first-order valence-corrected chi connectivity index (χ1v) is 6.91. The lowest BCUT2D eigenvalue weighted by atomic mass is 10.2. The quantitative estimate of drug-likeness (QED) is 0.881. The lowest BCUT2D eigenvalue weighted by molar-refractivity contribution is -0.139. The first-order chi connectivity index (χ1) is 9.99. The van der Waals surface area contributed by atoms with E-state index in [0.29, 0.717) is 10.8 Å². The topological polar surface area (TPSA) is 68.3 Å². The SMILES string of the molecule is COC(=O)Cc1sc(NC(=O)c2cccc(F)c2)nc1C. The molecule has 1 amide bonds. The maximum absolute atomic E-state index is 13.1. The number of rotatable bonds is 4. The maximum Gasteiger partial charge on any atom is 0.310 e. The molecule has 0 atom stereocenters. The van der Waals surface area contributed by atoms with Gasteiger partial charge in [0.25, 0.3) is 5.91 Å². The van der Waals surface area contributed by atoms with Crippen molar-refractivity contribution in [3.63, 3.8) is 0 Å². The molecular weight excluding hydrogens is 295 g/mol.